The molecule has 1 aromatic rings. The molecule has 94 valence electrons. The maximum atomic E-state index is 11.8. The molecule has 0 spiro atoms. The van der Waals surface area contributed by atoms with Crippen LogP contribution < -0.4 is 10.1 Å². The van der Waals surface area contributed by atoms with Crippen LogP contribution in [0.25, 0.3) is 0 Å². The number of amides is 1. The molecule has 0 heterocycles. The van der Waals surface area contributed by atoms with Crippen LogP contribution in [0.1, 0.15) is 30.6 Å². The van der Waals surface area contributed by atoms with E-state index >= 15 is 0 Å². The summed E-state index contributed by atoms with van der Waals surface area (Å²) < 4.78 is 5.31. The molecule has 0 radical (unpaired) electrons. The molecule has 1 atom stereocenters. The molecular weight excluding hydrogens is 238 g/mol. The van der Waals surface area contributed by atoms with Gasteiger partial charge in [-0.2, -0.15) is 0 Å². The molecule has 0 saturated carbocycles. The Balaban J connectivity index is 2.63. The van der Waals surface area contributed by atoms with E-state index < -0.39 is 0 Å². The minimum atomic E-state index is -0.0967. The third-order valence-corrected chi connectivity index (χ3v) is 2.81. The standard InChI is InChI=1S/C13H18ClNO2/c1-3-11(9-14)15-13(16)10-5-7-12(8-6-10)17-4-2/h5-8,11H,3-4,9H2,1-2H3,(H,15,16). The number of benzene rings is 1. The highest BCUT2D eigenvalue weighted by atomic mass is 35.5. The Hall–Kier alpha value is -1.22. The second kappa shape index (κ2) is 7.17. The van der Waals surface area contributed by atoms with Crippen molar-refractivity contribution >= 4 is 17.5 Å². The van der Waals surface area contributed by atoms with Gasteiger partial charge in [-0.25, -0.2) is 0 Å². The van der Waals surface area contributed by atoms with E-state index in [0.29, 0.717) is 18.1 Å². The molecule has 1 amide bonds. The maximum absolute atomic E-state index is 11.8. The van der Waals surface area contributed by atoms with E-state index in [1.807, 2.05) is 13.8 Å². The Kier molecular flexibility index (Phi) is 5.84. The minimum absolute atomic E-state index is 0.0238. The zero-order valence-corrected chi connectivity index (χ0v) is 11.0. The third-order valence-electron chi connectivity index (χ3n) is 2.44. The van der Waals surface area contributed by atoms with Crippen LogP contribution in [0, 0.1) is 0 Å². The largest absolute Gasteiger partial charge is 0.494 e. The van der Waals surface area contributed by atoms with Crippen molar-refractivity contribution in [2.24, 2.45) is 0 Å². The van der Waals surface area contributed by atoms with Crippen molar-refractivity contribution in [3.8, 4) is 5.75 Å². The van der Waals surface area contributed by atoms with E-state index in [4.69, 9.17) is 16.3 Å². The van der Waals surface area contributed by atoms with Crippen molar-refractivity contribution in [3.05, 3.63) is 29.8 Å². The first-order valence-electron chi connectivity index (χ1n) is 5.80. The number of alkyl halides is 1. The minimum Gasteiger partial charge on any atom is -0.494 e. The van der Waals surface area contributed by atoms with Crippen LogP contribution in [-0.2, 0) is 0 Å². The molecule has 1 rings (SSSR count). The predicted molar refractivity (Wildman–Crippen MR) is 69.9 cm³/mol. The highest BCUT2D eigenvalue weighted by molar-refractivity contribution is 6.18. The Bertz CT molecular complexity index is 347. The zero-order chi connectivity index (χ0) is 12.7. The Morgan fingerprint density at radius 1 is 1.35 bits per heavy atom. The molecule has 3 nitrogen and oxygen atoms in total. The quantitative estimate of drug-likeness (QED) is 0.794. The molecule has 0 fully saturated rings. The summed E-state index contributed by atoms with van der Waals surface area (Å²) in [7, 11) is 0. The van der Waals surface area contributed by atoms with E-state index in [-0.39, 0.29) is 11.9 Å². The van der Waals surface area contributed by atoms with Crippen molar-refractivity contribution in [2.75, 3.05) is 12.5 Å². The Morgan fingerprint density at radius 3 is 2.47 bits per heavy atom. The number of hydrogen-bond donors (Lipinski definition) is 1. The predicted octanol–water partition coefficient (Wildman–Crippen LogP) is 2.83. The second-order valence-corrected chi connectivity index (χ2v) is 4.00. The van der Waals surface area contributed by atoms with Crippen molar-refractivity contribution < 1.29 is 9.53 Å². The SMILES string of the molecule is CCOc1ccc(C(=O)NC(CC)CCl)cc1. The monoisotopic (exact) mass is 255 g/mol. The zero-order valence-electron chi connectivity index (χ0n) is 10.2. The highest BCUT2D eigenvalue weighted by Gasteiger charge is 2.10. The van der Waals surface area contributed by atoms with E-state index in [1.54, 1.807) is 24.3 Å². The van der Waals surface area contributed by atoms with Gasteiger partial charge in [0, 0.05) is 17.5 Å². The lowest BCUT2D eigenvalue weighted by Gasteiger charge is -2.13. The van der Waals surface area contributed by atoms with Crippen molar-refractivity contribution in [3.63, 3.8) is 0 Å². The topological polar surface area (TPSA) is 38.3 Å². The number of carbonyl (C=O) groups excluding carboxylic acids is 1. The van der Waals surface area contributed by atoms with Crippen LogP contribution in [0.4, 0.5) is 0 Å². The molecule has 17 heavy (non-hydrogen) atoms. The average Bonchev–Trinajstić information content (AvgIpc) is 2.37. The highest BCUT2D eigenvalue weighted by Crippen LogP contribution is 2.12. The summed E-state index contributed by atoms with van der Waals surface area (Å²) in [6.45, 7) is 4.54. The molecule has 0 aliphatic carbocycles. The van der Waals surface area contributed by atoms with Gasteiger partial charge in [0.15, 0.2) is 0 Å². The third kappa shape index (κ3) is 4.27. The lowest BCUT2D eigenvalue weighted by atomic mass is 10.2. The molecule has 1 aromatic carbocycles. The lowest BCUT2D eigenvalue weighted by molar-refractivity contribution is 0.0939. The summed E-state index contributed by atoms with van der Waals surface area (Å²) in [4.78, 5) is 11.8. The number of ether oxygens (including phenoxy) is 1. The van der Waals surface area contributed by atoms with Gasteiger partial charge in [-0.15, -0.1) is 11.6 Å². The first kappa shape index (κ1) is 13.8. The molecule has 0 aromatic heterocycles. The molecule has 1 N–H and O–H groups in total. The summed E-state index contributed by atoms with van der Waals surface area (Å²) >= 11 is 5.73. The summed E-state index contributed by atoms with van der Waals surface area (Å²) in [6.07, 6.45) is 0.826. The summed E-state index contributed by atoms with van der Waals surface area (Å²) in [6, 6.07) is 7.11. The van der Waals surface area contributed by atoms with Crippen molar-refractivity contribution in [1.82, 2.24) is 5.32 Å². The second-order valence-electron chi connectivity index (χ2n) is 3.69. The number of carbonyl (C=O) groups is 1. The molecule has 4 heteroatoms. The van der Waals surface area contributed by atoms with E-state index in [0.717, 1.165) is 12.2 Å². The first-order valence-corrected chi connectivity index (χ1v) is 6.34. The maximum Gasteiger partial charge on any atom is 0.251 e. The summed E-state index contributed by atoms with van der Waals surface area (Å²) in [5.74, 6) is 1.10. The fraction of sp³-hybridized carbons (Fsp3) is 0.462. The van der Waals surface area contributed by atoms with Crippen LogP contribution in [0.5, 0.6) is 5.75 Å². The van der Waals surface area contributed by atoms with Crippen LogP contribution in [0.2, 0.25) is 0 Å². The van der Waals surface area contributed by atoms with Gasteiger partial charge in [0.2, 0.25) is 0 Å². The number of rotatable bonds is 6. The summed E-state index contributed by atoms with van der Waals surface area (Å²) in [5.41, 5.74) is 0.622. The normalized spacial score (nSPS) is 11.9. The Labute approximate surface area is 107 Å². The molecule has 0 aliphatic heterocycles. The smallest absolute Gasteiger partial charge is 0.251 e. The lowest BCUT2D eigenvalue weighted by Crippen LogP contribution is -2.35. The summed E-state index contributed by atoms with van der Waals surface area (Å²) in [5, 5.41) is 2.87. The van der Waals surface area contributed by atoms with Crippen LogP contribution in [0.3, 0.4) is 0 Å². The molecule has 0 saturated heterocycles. The fourth-order valence-electron chi connectivity index (χ4n) is 1.39. The molecule has 0 aliphatic rings. The molecular formula is C13H18ClNO2. The van der Waals surface area contributed by atoms with Crippen molar-refractivity contribution in [1.29, 1.82) is 0 Å². The molecule has 0 bridgehead atoms. The van der Waals surface area contributed by atoms with E-state index in [1.165, 1.54) is 0 Å². The van der Waals surface area contributed by atoms with Gasteiger partial charge in [0.05, 0.1) is 6.61 Å². The first-order chi connectivity index (χ1) is 8.21. The van der Waals surface area contributed by atoms with E-state index in [9.17, 15) is 4.79 Å². The van der Waals surface area contributed by atoms with Gasteiger partial charge in [0.25, 0.3) is 5.91 Å². The van der Waals surface area contributed by atoms with Crippen molar-refractivity contribution in [2.45, 2.75) is 26.3 Å². The number of hydrogen-bond acceptors (Lipinski definition) is 2. The molecule has 1 unspecified atom stereocenters. The van der Waals surface area contributed by atoms with Gasteiger partial charge in [-0.05, 0) is 37.6 Å². The van der Waals surface area contributed by atoms with Gasteiger partial charge in [-0.3, -0.25) is 4.79 Å². The average molecular weight is 256 g/mol. The van der Waals surface area contributed by atoms with Crippen LogP contribution in [0.15, 0.2) is 24.3 Å². The van der Waals surface area contributed by atoms with Gasteiger partial charge in [0.1, 0.15) is 5.75 Å². The van der Waals surface area contributed by atoms with Gasteiger partial charge >= 0.3 is 0 Å². The van der Waals surface area contributed by atoms with Gasteiger partial charge < -0.3 is 10.1 Å². The van der Waals surface area contributed by atoms with Gasteiger partial charge in [-0.1, -0.05) is 6.92 Å². The number of nitrogens with one attached hydrogen (secondary N) is 1. The van der Waals surface area contributed by atoms with Crippen LogP contribution >= 0.6 is 11.6 Å². The van der Waals surface area contributed by atoms with E-state index in [2.05, 4.69) is 5.32 Å². The number of halogens is 1. The fourth-order valence-corrected chi connectivity index (χ4v) is 1.68. The Morgan fingerprint density at radius 2 is 2.00 bits per heavy atom. The van der Waals surface area contributed by atoms with Crippen LogP contribution in [-0.4, -0.2) is 24.4 Å².